The van der Waals surface area contributed by atoms with Crippen molar-refractivity contribution in [3.05, 3.63) is 59.4 Å². The third kappa shape index (κ3) is 5.49. The molecule has 0 spiro atoms. The summed E-state index contributed by atoms with van der Waals surface area (Å²) in [6, 6.07) is 10.2. The molecular formula is C19H24N2O2. The molecule has 1 heterocycles. The van der Waals surface area contributed by atoms with Gasteiger partial charge in [0.15, 0.2) is 0 Å². The van der Waals surface area contributed by atoms with Gasteiger partial charge >= 0.3 is 0 Å². The number of aromatic nitrogens is 1. The van der Waals surface area contributed by atoms with Crippen molar-refractivity contribution in [1.29, 1.82) is 0 Å². The van der Waals surface area contributed by atoms with E-state index in [1.54, 1.807) is 18.5 Å². The SMILES string of the molecule is CC(C)Cc1ccc(CCC(=O)Nc2cnccc2CO)cc1. The quantitative estimate of drug-likeness (QED) is 0.824. The molecule has 0 fully saturated rings. The second kappa shape index (κ2) is 8.44. The molecule has 0 aliphatic rings. The molecule has 1 amide bonds. The maximum Gasteiger partial charge on any atom is 0.224 e. The predicted molar refractivity (Wildman–Crippen MR) is 92.1 cm³/mol. The van der Waals surface area contributed by atoms with Crippen LogP contribution in [-0.2, 0) is 24.2 Å². The van der Waals surface area contributed by atoms with Crippen LogP contribution in [0.3, 0.4) is 0 Å². The molecule has 0 unspecified atom stereocenters. The van der Waals surface area contributed by atoms with Crippen LogP contribution in [0.4, 0.5) is 5.69 Å². The fourth-order valence-electron chi connectivity index (χ4n) is 2.46. The minimum absolute atomic E-state index is 0.0704. The number of carbonyl (C=O) groups excluding carboxylic acids is 1. The normalized spacial score (nSPS) is 10.8. The maximum absolute atomic E-state index is 12.0. The first-order valence-electron chi connectivity index (χ1n) is 8.00. The Morgan fingerprint density at radius 2 is 1.87 bits per heavy atom. The molecule has 122 valence electrons. The van der Waals surface area contributed by atoms with Crippen molar-refractivity contribution >= 4 is 11.6 Å². The Hall–Kier alpha value is -2.20. The monoisotopic (exact) mass is 312 g/mol. The van der Waals surface area contributed by atoms with Crippen LogP contribution in [0.25, 0.3) is 0 Å². The molecule has 0 saturated carbocycles. The minimum atomic E-state index is -0.116. The van der Waals surface area contributed by atoms with Crippen LogP contribution in [0.15, 0.2) is 42.7 Å². The summed E-state index contributed by atoms with van der Waals surface area (Å²) in [5.41, 5.74) is 3.73. The molecule has 0 saturated heterocycles. The summed E-state index contributed by atoms with van der Waals surface area (Å²) in [4.78, 5) is 16.0. The van der Waals surface area contributed by atoms with Gasteiger partial charge in [-0.05, 0) is 36.0 Å². The Bertz CT molecular complexity index is 636. The van der Waals surface area contributed by atoms with Crippen molar-refractivity contribution in [2.75, 3.05) is 5.32 Å². The molecule has 0 aliphatic heterocycles. The van der Waals surface area contributed by atoms with E-state index in [9.17, 15) is 9.90 Å². The fourth-order valence-corrected chi connectivity index (χ4v) is 2.46. The lowest BCUT2D eigenvalue weighted by Crippen LogP contribution is -2.14. The lowest BCUT2D eigenvalue weighted by Gasteiger charge is -2.09. The zero-order valence-electron chi connectivity index (χ0n) is 13.7. The smallest absolute Gasteiger partial charge is 0.224 e. The summed E-state index contributed by atoms with van der Waals surface area (Å²) in [6.45, 7) is 4.30. The molecule has 1 aromatic heterocycles. The van der Waals surface area contributed by atoms with Crippen LogP contribution >= 0.6 is 0 Å². The number of aliphatic hydroxyl groups excluding tert-OH is 1. The summed E-state index contributed by atoms with van der Waals surface area (Å²) in [5, 5.41) is 12.1. The summed E-state index contributed by atoms with van der Waals surface area (Å²) >= 11 is 0. The minimum Gasteiger partial charge on any atom is -0.392 e. The van der Waals surface area contributed by atoms with E-state index in [4.69, 9.17) is 0 Å². The number of aliphatic hydroxyl groups is 1. The summed E-state index contributed by atoms with van der Waals surface area (Å²) < 4.78 is 0. The number of hydrogen-bond acceptors (Lipinski definition) is 3. The van der Waals surface area contributed by atoms with Gasteiger partial charge in [-0.2, -0.15) is 0 Å². The Morgan fingerprint density at radius 3 is 2.52 bits per heavy atom. The number of anilines is 1. The molecular weight excluding hydrogens is 288 g/mol. The Labute approximate surface area is 137 Å². The number of nitrogens with one attached hydrogen (secondary N) is 1. The number of nitrogens with zero attached hydrogens (tertiary/aromatic N) is 1. The van der Waals surface area contributed by atoms with Gasteiger partial charge in [0.25, 0.3) is 0 Å². The zero-order valence-corrected chi connectivity index (χ0v) is 13.7. The van der Waals surface area contributed by atoms with E-state index in [0.29, 0.717) is 30.0 Å². The van der Waals surface area contributed by atoms with Crippen molar-refractivity contribution < 1.29 is 9.90 Å². The topological polar surface area (TPSA) is 62.2 Å². The number of carbonyl (C=O) groups is 1. The highest BCUT2D eigenvalue weighted by molar-refractivity contribution is 5.91. The van der Waals surface area contributed by atoms with Crippen LogP contribution in [-0.4, -0.2) is 16.0 Å². The summed E-state index contributed by atoms with van der Waals surface area (Å²) in [5.74, 6) is 0.575. The van der Waals surface area contributed by atoms with Crippen LogP contribution < -0.4 is 5.32 Å². The van der Waals surface area contributed by atoms with E-state index < -0.39 is 0 Å². The predicted octanol–water partition coefficient (Wildman–Crippen LogP) is 3.34. The third-order valence-corrected chi connectivity index (χ3v) is 3.66. The second-order valence-electron chi connectivity index (χ2n) is 6.15. The van der Waals surface area contributed by atoms with Gasteiger partial charge in [0.05, 0.1) is 18.5 Å². The molecule has 1 aromatic carbocycles. The maximum atomic E-state index is 12.0. The van der Waals surface area contributed by atoms with Crippen LogP contribution in [0.1, 0.15) is 37.0 Å². The molecule has 4 nitrogen and oxygen atoms in total. The number of benzene rings is 1. The van der Waals surface area contributed by atoms with Crippen molar-refractivity contribution in [2.45, 2.75) is 39.7 Å². The Morgan fingerprint density at radius 1 is 1.17 bits per heavy atom. The molecule has 0 aliphatic carbocycles. The second-order valence-corrected chi connectivity index (χ2v) is 6.15. The van der Waals surface area contributed by atoms with Crippen molar-refractivity contribution in [3.63, 3.8) is 0 Å². The van der Waals surface area contributed by atoms with E-state index in [2.05, 4.69) is 48.4 Å². The van der Waals surface area contributed by atoms with Crippen LogP contribution in [0, 0.1) is 5.92 Å². The number of pyridine rings is 1. The number of aryl methyl sites for hydroxylation is 1. The fraction of sp³-hybridized carbons (Fsp3) is 0.368. The van der Waals surface area contributed by atoms with Crippen molar-refractivity contribution in [2.24, 2.45) is 5.92 Å². The molecule has 23 heavy (non-hydrogen) atoms. The van der Waals surface area contributed by atoms with Crippen LogP contribution in [0.2, 0.25) is 0 Å². The molecule has 0 radical (unpaired) electrons. The molecule has 2 aromatic rings. The molecule has 4 heteroatoms. The average Bonchev–Trinajstić information content (AvgIpc) is 2.54. The van der Waals surface area contributed by atoms with Gasteiger partial charge in [-0.1, -0.05) is 38.1 Å². The van der Waals surface area contributed by atoms with E-state index in [1.165, 1.54) is 5.56 Å². The van der Waals surface area contributed by atoms with Gasteiger partial charge in [-0.15, -0.1) is 0 Å². The Balaban J connectivity index is 1.86. The van der Waals surface area contributed by atoms with E-state index >= 15 is 0 Å². The first kappa shape index (κ1) is 17.2. The van der Waals surface area contributed by atoms with E-state index in [1.807, 2.05) is 0 Å². The highest BCUT2D eigenvalue weighted by Crippen LogP contribution is 2.15. The lowest BCUT2D eigenvalue weighted by molar-refractivity contribution is -0.116. The van der Waals surface area contributed by atoms with Gasteiger partial charge in [-0.25, -0.2) is 0 Å². The Kier molecular flexibility index (Phi) is 6.29. The van der Waals surface area contributed by atoms with Crippen molar-refractivity contribution in [3.8, 4) is 0 Å². The number of hydrogen-bond donors (Lipinski definition) is 2. The van der Waals surface area contributed by atoms with Gasteiger partial charge in [0.2, 0.25) is 5.91 Å². The number of amides is 1. The standard InChI is InChI=1S/C19H24N2O2/c1-14(2)11-16-5-3-15(4-6-16)7-8-19(23)21-18-12-20-10-9-17(18)13-22/h3-6,9-10,12,14,22H,7-8,11,13H2,1-2H3,(H,21,23). The largest absolute Gasteiger partial charge is 0.392 e. The first-order valence-corrected chi connectivity index (χ1v) is 8.00. The average molecular weight is 312 g/mol. The molecule has 2 N–H and O–H groups in total. The van der Waals surface area contributed by atoms with E-state index in [-0.39, 0.29) is 12.5 Å². The number of rotatable bonds is 7. The van der Waals surface area contributed by atoms with E-state index in [0.717, 1.165) is 12.0 Å². The summed E-state index contributed by atoms with van der Waals surface area (Å²) in [7, 11) is 0. The summed E-state index contributed by atoms with van der Waals surface area (Å²) in [6.07, 6.45) is 5.33. The highest BCUT2D eigenvalue weighted by Gasteiger charge is 2.07. The van der Waals surface area contributed by atoms with Gasteiger partial charge < -0.3 is 10.4 Å². The van der Waals surface area contributed by atoms with Gasteiger partial charge in [-0.3, -0.25) is 9.78 Å². The molecule has 0 atom stereocenters. The molecule has 0 bridgehead atoms. The lowest BCUT2D eigenvalue weighted by atomic mass is 10.0. The van der Waals surface area contributed by atoms with Gasteiger partial charge in [0, 0.05) is 18.2 Å². The third-order valence-electron chi connectivity index (χ3n) is 3.66. The highest BCUT2D eigenvalue weighted by atomic mass is 16.3. The first-order chi connectivity index (χ1) is 11.1. The zero-order chi connectivity index (χ0) is 16.7. The van der Waals surface area contributed by atoms with Crippen molar-refractivity contribution in [1.82, 2.24) is 4.98 Å². The molecule has 2 rings (SSSR count). The van der Waals surface area contributed by atoms with Crippen LogP contribution in [0.5, 0.6) is 0 Å². The van der Waals surface area contributed by atoms with Gasteiger partial charge in [0.1, 0.15) is 0 Å².